The van der Waals surface area contributed by atoms with Gasteiger partial charge in [-0.2, -0.15) is 0 Å². The number of Topliss-reactive ketones (excluding diaryl/α,β-unsaturated/α-hetero) is 1. The van der Waals surface area contributed by atoms with Gasteiger partial charge in [0.25, 0.3) is 0 Å². The Balaban J connectivity index is 3.14. The lowest BCUT2D eigenvalue weighted by Gasteiger charge is -2.27. The van der Waals surface area contributed by atoms with Gasteiger partial charge in [0.05, 0.1) is 18.4 Å². The molecule has 0 aliphatic rings. The Morgan fingerprint density at radius 1 is 0.776 bits per heavy atom. The Bertz CT molecular complexity index is 1320. The van der Waals surface area contributed by atoms with E-state index in [0.717, 1.165) is 5.56 Å². The average Bonchev–Trinajstić information content (AvgIpc) is 3.01. The lowest BCUT2D eigenvalue weighted by atomic mass is 9.89. The molecule has 0 aliphatic heterocycles. The molecule has 0 aromatic heterocycles. The molecule has 16 heteroatoms. The van der Waals surface area contributed by atoms with Gasteiger partial charge in [-0.05, 0) is 37.2 Å². The summed E-state index contributed by atoms with van der Waals surface area (Å²) in [5, 5.41) is 29.3. The molecule has 0 heterocycles. The smallest absolute Gasteiger partial charge is 0.307 e. The third kappa shape index (κ3) is 16.6. The fourth-order valence-corrected chi connectivity index (χ4v) is 5.01. The Hall–Kier alpha value is -5.02. The molecule has 10 N–H and O–H groups in total. The number of benzene rings is 1. The molecule has 0 fully saturated rings. The number of hydrogen-bond acceptors (Lipinski definition) is 8. The van der Waals surface area contributed by atoms with Crippen LogP contribution in [0.1, 0.15) is 78.2 Å². The summed E-state index contributed by atoms with van der Waals surface area (Å²) >= 11 is 0. The number of carbonyl (C=O) groups excluding carboxylic acids is 5. The predicted octanol–water partition coefficient (Wildman–Crippen LogP) is 0.223. The van der Waals surface area contributed by atoms with Crippen molar-refractivity contribution in [2.75, 3.05) is 6.54 Å². The summed E-state index contributed by atoms with van der Waals surface area (Å²) in [6.45, 7) is 6.56. The van der Waals surface area contributed by atoms with Crippen molar-refractivity contribution in [2.45, 2.75) is 103 Å². The van der Waals surface area contributed by atoms with E-state index in [1.807, 2.05) is 6.92 Å². The number of nitrogens with two attached hydrogens (primary N) is 2. The van der Waals surface area contributed by atoms with Crippen molar-refractivity contribution in [3.8, 4) is 0 Å². The highest BCUT2D eigenvalue weighted by Crippen LogP contribution is 2.17. The first kappa shape index (κ1) is 42.0. The molecule has 49 heavy (non-hydrogen) atoms. The van der Waals surface area contributed by atoms with Crippen LogP contribution in [0.5, 0.6) is 0 Å². The second-order valence-electron chi connectivity index (χ2n) is 12.2. The fraction of sp³-hybridized carbons (Fsp3) is 0.576. The number of rotatable bonds is 23. The Morgan fingerprint density at radius 2 is 1.33 bits per heavy atom. The van der Waals surface area contributed by atoms with Crippen LogP contribution in [0.4, 0.5) is 0 Å². The molecule has 0 bridgehead atoms. The average molecular weight is 690 g/mol. The van der Waals surface area contributed by atoms with Crippen LogP contribution >= 0.6 is 0 Å². The zero-order valence-corrected chi connectivity index (χ0v) is 28.6. The number of carboxylic acids is 2. The first-order chi connectivity index (χ1) is 23.0. The van der Waals surface area contributed by atoms with Gasteiger partial charge >= 0.3 is 11.9 Å². The molecule has 4 amide bonds. The van der Waals surface area contributed by atoms with Gasteiger partial charge in [0, 0.05) is 19.9 Å². The number of aliphatic carboxylic acids is 2. The molecule has 1 aromatic rings. The summed E-state index contributed by atoms with van der Waals surface area (Å²) in [4.78, 5) is 92.7. The fourth-order valence-electron chi connectivity index (χ4n) is 5.01. The predicted molar refractivity (Wildman–Crippen MR) is 181 cm³/mol. The second kappa shape index (κ2) is 21.8. The van der Waals surface area contributed by atoms with E-state index >= 15 is 0 Å². The molecule has 0 aliphatic carbocycles. The minimum Gasteiger partial charge on any atom is -0.481 e. The van der Waals surface area contributed by atoms with Crippen LogP contribution in [0.3, 0.4) is 0 Å². The van der Waals surface area contributed by atoms with E-state index in [9.17, 15) is 43.8 Å². The van der Waals surface area contributed by atoms with Gasteiger partial charge in [0.1, 0.15) is 18.1 Å². The first-order valence-corrected chi connectivity index (χ1v) is 16.3. The van der Waals surface area contributed by atoms with Gasteiger partial charge < -0.3 is 42.9 Å². The number of nitrogens with zero attached hydrogens (tertiary/aromatic N) is 1. The Labute approximate surface area is 286 Å². The van der Waals surface area contributed by atoms with Crippen molar-refractivity contribution in [1.82, 2.24) is 21.3 Å². The normalized spacial score (nSPS) is 13.9. The number of carboxylic acid groups (broad SMARTS) is 2. The van der Waals surface area contributed by atoms with E-state index in [1.54, 1.807) is 44.2 Å². The topological polar surface area (TPSA) is 272 Å². The standard InChI is InChI=1S/C33H51N7O9/c1-5-6-13-24(38-29(45)23(37-20(4)41)14-10-15-36-33(34)35)30(46)39-25(18-27(43)44)31(47)40-28(19(2)3)26(42)17-22(32(48)49)16-21-11-8-7-9-12-21/h7-9,11-12,19,22-25,28H,5-6,10,13-18H2,1-4H3,(H,37,41)(H,38,45)(H,39,46)(H,40,47)(H,43,44)(H,48,49)(H4,34,35,36)/t22?,23-,24-,25-,28-/m0/s1. The van der Waals surface area contributed by atoms with Crippen LogP contribution in [-0.4, -0.2) is 88.2 Å². The van der Waals surface area contributed by atoms with E-state index in [1.165, 1.54) is 6.92 Å². The number of hydrogen-bond donors (Lipinski definition) is 8. The van der Waals surface area contributed by atoms with Gasteiger partial charge in [-0.15, -0.1) is 0 Å². The van der Waals surface area contributed by atoms with Gasteiger partial charge in [-0.3, -0.25) is 38.6 Å². The number of carbonyl (C=O) groups is 7. The molecule has 1 rings (SSSR count). The highest BCUT2D eigenvalue weighted by Gasteiger charge is 2.34. The molecule has 0 spiro atoms. The Morgan fingerprint density at radius 3 is 1.84 bits per heavy atom. The quantitative estimate of drug-likeness (QED) is 0.0437. The highest BCUT2D eigenvalue weighted by molar-refractivity contribution is 5.97. The van der Waals surface area contributed by atoms with Crippen LogP contribution in [0, 0.1) is 11.8 Å². The zero-order valence-electron chi connectivity index (χ0n) is 28.6. The van der Waals surface area contributed by atoms with Crippen LogP contribution in [0.2, 0.25) is 0 Å². The number of unbranched alkanes of at least 4 members (excludes halogenated alkanes) is 1. The van der Waals surface area contributed by atoms with Crippen LogP contribution in [-0.2, 0) is 40.0 Å². The number of amides is 4. The van der Waals surface area contributed by atoms with Crippen molar-refractivity contribution in [3.63, 3.8) is 0 Å². The summed E-state index contributed by atoms with van der Waals surface area (Å²) in [7, 11) is 0. The molecule has 0 saturated carbocycles. The number of aliphatic imine (C=N–C) groups is 1. The highest BCUT2D eigenvalue weighted by atomic mass is 16.4. The maximum absolute atomic E-state index is 13.4. The summed E-state index contributed by atoms with van der Waals surface area (Å²) in [6.07, 6.45) is 0.605. The lowest BCUT2D eigenvalue weighted by Crippen LogP contribution is -2.58. The van der Waals surface area contributed by atoms with Crippen molar-refractivity contribution in [3.05, 3.63) is 35.9 Å². The molecule has 0 saturated heterocycles. The van der Waals surface area contributed by atoms with Gasteiger partial charge in [0.2, 0.25) is 23.6 Å². The minimum absolute atomic E-state index is 0.0856. The Kier molecular flexibility index (Phi) is 18.7. The van der Waals surface area contributed by atoms with Gasteiger partial charge in [-0.25, -0.2) is 0 Å². The molecular formula is C33H51N7O9. The van der Waals surface area contributed by atoms with Crippen molar-refractivity contribution >= 4 is 47.3 Å². The van der Waals surface area contributed by atoms with Crippen molar-refractivity contribution in [1.29, 1.82) is 0 Å². The first-order valence-electron chi connectivity index (χ1n) is 16.3. The second-order valence-corrected chi connectivity index (χ2v) is 12.2. The van der Waals surface area contributed by atoms with Crippen LogP contribution in [0.25, 0.3) is 0 Å². The molecule has 272 valence electrons. The summed E-state index contributed by atoms with van der Waals surface area (Å²) in [5.41, 5.74) is 11.4. The minimum atomic E-state index is -1.63. The van der Waals surface area contributed by atoms with Crippen molar-refractivity contribution < 1.29 is 43.8 Å². The van der Waals surface area contributed by atoms with Crippen LogP contribution < -0.4 is 32.7 Å². The molecule has 5 atom stereocenters. The van der Waals surface area contributed by atoms with Gasteiger partial charge in [-0.1, -0.05) is 63.9 Å². The molecule has 16 nitrogen and oxygen atoms in total. The van der Waals surface area contributed by atoms with Crippen molar-refractivity contribution in [2.24, 2.45) is 28.3 Å². The van der Waals surface area contributed by atoms with E-state index in [0.29, 0.717) is 19.3 Å². The number of nitrogens with one attached hydrogen (secondary N) is 4. The molecule has 1 aromatic carbocycles. The van der Waals surface area contributed by atoms with E-state index in [2.05, 4.69) is 26.3 Å². The lowest BCUT2D eigenvalue weighted by molar-refractivity contribution is -0.144. The third-order valence-electron chi connectivity index (χ3n) is 7.56. The maximum Gasteiger partial charge on any atom is 0.307 e. The SMILES string of the molecule is CCCC[C@H](NC(=O)[C@H](CCCN=C(N)N)NC(C)=O)C(=O)N[C@@H](CC(=O)O)C(=O)N[C@H](C(=O)CC(Cc1ccccc1)C(=O)O)C(C)C. The summed E-state index contributed by atoms with van der Waals surface area (Å²) in [6, 6.07) is 3.74. The monoisotopic (exact) mass is 689 g/mol. The molecule has 1 unspecified atom stereocenters. The number of guanidine groups is 1. The largest absolute Gasteiger partial charge is 0.481 e. The maximum atomic E-state index is 13.4. The summed E-state index contributed by atoms with van der Waals surface area (Å²) in [5.74, 6) is -7.84. The molecular weight excluding hydrogens is 638 g/mol. The van der Waals surface area contributed by atoms with Crippen LogP contribution in [0.15, 0.2) is 35.3 Å². The number of ketones is 1. The zero-order chi connectivity index (χ0) is 37.1. The van der Waals surface area contributed by atoms with Gasteiger partial charge in [0.15, 0.2) is 11.7 Å². The van der Waals surface area contributed by atoms with E-state index in [-0.39, 0.29) is 31.8 Å². The summed E-state index contributed by atoms with van der Waals surface area (Å²) < 4.78 is 0. The van der Waals surface area contributed by atoms with E-state index < -0.39 is 90.2 Å². The van der Waals surface area contributed by atoms with E-state index in [4.69, 9.17) is 11.5 Å². The molecule has 0 radical (unpaired) electrons. The third-order valence-corrected chi connectivity index (χ3v) is 7.56.